The average Bonchev–Trinajstić information content (AvgIpc) is 3.24. The van der Waals surface area contributed by atoms with Crippen molar-refractivity contribution in [2.75, 3.05) is 13.6 Å². The number of hydrogen-bond donors (Lipinski definition) is 2. The summed E-state index contributed by atoms with van der Waals surface area (Å²) in [5.74, 6) is -0.394. The number of carbonyl (C=O) groups is 2. The third-order valence-electron chi connectivity index (χ3n) is 5.43. The van der Waals surface area contributed by atoms with Crippen molar-refractivity contribution in [3.05, 3.63) is 71.9 Å². The van der Waals surface area contributed by atoms with E-state index in [0.29, 0.717) is 6.54 Å². The van der Waals surface area contributed by atoms with Gasteiger partial charge in [0, 0.05) is 37.1 Å². The third kappa shape index (κ3) is 3.33. The van der Waals surface area contributed by atoms with E-state index in [9.17, 15) is 9.59 Å². The van der Waals surface area contributed by atoms with Crippen LogP contribution in [0, 0.1) is 5.92 Å². The number of aromatic amines is 1. The number of H-pyrrole nitrogens is 1. The molecule has 1 fully saturated rings. The van der Waals surface area contributed by atoms with Crippen molar-refractivity contribution in [2.45, 2.75) is 18.9 Å². The number of nitrogens with one attached hydrogen (secondary N) is 2. The van der Waals surface area contributed by atoms with Crippen LogP contribution < -0.4 is 5.32 Å². The molecule has 1 aliphatic rings. The molecular weight excluding hydrogens is 338 g/mol. The zero-order chi connectivity index (χ0) is 18.8. The number of nitrogens with zero attached hydrogens (tertiary/aromatic N) is 1. The molecule has 0 aliphatic carbocycles. The fraction of sp³-hybridized carbons (Fsp3) is 0.273. The Labute approximate surface area is 158 Å². The summed E-state index contributed by atoms with van der Waals surface area (Å²) in [4.78, 5) is 30.0. The Bertz CT molecular complexity index is 964. The van der Waals surface area contributed by atoms with Gasteiger partial charge < -0.3 is 15.2 Å². The molecule has 5 heteroatoms. The normalized spacial score (nSPS) is 19.6. The molecule has 2 N–H and O–H groups in total. The highest BCUT2D eigenvalue weighted by molar-refractivity contribution is 5.90. The van der Waals surface area contributed by atoms with Gasteiger partial charge in [-0.3, -0.25) is 9.59 Å². The van der Waals surface area contributed by atoms with Gasteiger partial charge in [-0.2, -0.15) is 0 Å². The standard InChI is InChI=1S/C22H23N3O2/c1-25-20(26)13-18(21(25)15-7-3-2-4-8-15)22(27)23-12-11-16-14-24-19-10-6-5-9-17(16)19/h2-10,14,18,21,24H,11-13H2,1H3,(H,23,27)/t18-,21+/m0/s1. The third-order valence-corrected chi connectivity index (χ3v) is 5.43. The molecule has 27 heavy (non-hydrogen) atoms. The Morgan fingerprint density at radius 2 is 1.89 bits per heavy atom. The molecule has 3 aromatic rings. The number of amides is 2. The number of carbonyl (C=O) groups excluding carboxylic acids is 2. The number of rotatable bonds is 5. The van der Waals surface area contributed by atoms with Crippen LogP contribution in [0.2, 0.25) is 0 Å². The highest BCUT2D eigenvalue weighted by Crippen LogP contribution is 2.36. The van der Waals surface area contributed by atoms with Crippen molar-refractivity contribution >= 4 is 22.7 Å². The van der Waals surface area contributed by atoms with E-state index in [4.69, 9.17) is 0 Å². The molecule has 0 spiro atoms. The predicted octanol–water partition coefficient (Wildman–Crippen LogP) is 3.05. The van der Waals surface area contributed by atoms with Gasteiger partial charge in [-0.25, -0.2) is 0 Å². The van der Waals surface area contributed by atoms with Gasteiger partial charge in [0.15, 0.2) is 0 Å². The lowest BCUT2D eigenvalue weighted by atomic mass is 9.93. The molecule has 1 aromatic heterocycles. The molecule has 0 radical (unpaired) electrons. The summed E-state index contributed by atoms with van der Waals surface area (Å²) in [6.07, 6.45) is 3.01. The maximum Gasteiger partial charge on any atom is 0.226 e. The summed E-state index contributed by atoms with van der Waals surface area (Å²) in [7, 11) is 1.78. The highest BCUT2D eigenvalue weighted by atomic mass is 16.2. The Hall–Kier alpha value is -3.08. The van der Waals surface area contributed by atoms with Crippen molar-refractivity contribution in [3.63, 3.8) is 0 Å². The van der Waals surface area contributed by atoms with Crippen LogP contribution in [-0.4, -0.2) is 35.3 Å². The van der Waals surface area contributed by atoms with Crippen molar-refractivity contribution in [3.8, 4) is 0 Å². The minimum Gasteiger partial charge on any atom is -0.361 e. The van der Waals surface area contributed by atoms with Crippen molar-refractivity contribution < 1.29 is 9.59 Å². The Morgan fingerprint density at radius 1 is 1.15 bits per heavy atom. The van der Waals surface area contributed by atoms with E-state index in [1.807, 2.05) is 54.7 Å². The van der Waals surface area contributed by atoms with Gasteiger partial charge in [0.25, 0.3) is 0 Å². The first kappa shape index (κ1) is 17.3. The second-order valence-electron chi connectivity index (χ2n) is 7.07. The lowest BCUT2D eigenvalue weighted by Gasteiger charge is -2.24. The van der Waals surface area contributed by atoms with Gasteiger partial charge >= 0.3 is 0 Å². The maximum atomic E-state index is 12.8. The lowest BCUT2D eigenvalue weighted by molar-refractivity contribution is -0.128. The van der Waals surface area contributed by atoms with Crippen molar-refractivity contribution in [1.29, 1.82) is 0 Å². The summed E-state index contributed by atoms with van der Waals surface area (Å²) in [6, 6.07) is 17.7. The van der Waals surface area contributed by atoms with Crippen LogP contribution in [0.25, 0.3) is 10.9 Å². The minimum absolute atomic E-state index is 0.0145. The molecule has 0 unspecified atom stereocenters. The van der Waals surface area contributed by atoms with Crippen LogP contribution in [0.5, 0.6) is 0 Å². The lowest BCUT2D eigenvalue weighted by Crippen LogP contribution is -2.35. The number of likely N-dealkylation sites (tertiary alicyclic amines) is 1. The maximum absolute atomic E-state index is 12.8. The summed E-state index contributed by atoms with van der Waals surface area (Å²) in [6.45, 7) is 0.552. The molecule has 0 bridgehead atoms. The molecule has 5 nitrogen and oxygen atoms in total. The molecule has 4 rings (SSSR count). The van der Waals surface area contributed by atoms with E-state index >= 15 is 0 Å². The summed E-state index contributed by atoms with van der Waals surface area (Å²) in [5.41, 5.74) is 3.29. The van der Waals surface area contributed by atoms with E-state index in [1.165, 1.54) is 10.9 Å². The Balaban J connectivity index is 1.43. The fourth-order valence-electron chi connectivity index (χ4n) is 4.00. The van der Waals surface area contributed by atoms with Crippen LogP contribution in [0.3, 0.4) is 0 Å². The van der Waals surface area contributed by atoms with Crippen LogP contribution in [-0.2, 0) is 16.0 Å². The van der Waals surface area contributed by atoms with E-state index in [0.717, 1.165) is 17.5 Å². The molecule has 2 heterocycles. The van der Waals surface area contributed by atoms with Gasteiger partial charge in [-0.1, -0.05) is 48.5 Å². The molecule has 2 atom stereocenters. The summed E-state index contributed by atoms with van der Waals surface area (Å²) >= 11 is 0. The fourth-order valence-corrected chi connectivity index (χ4v) is 4.00. The number of para-hydroxylation sites is 1. The predicted molar refractivity (Wildman–Crippen MR) is 105 cm³/mol. The van der Waals surface area contributed by atoms with Crippen LogP contribution in [0.4, 0.5) is 0 Å². The van der Waals surface area contributed by atoms with Crippen LogP contribution in [0.1, 0.15) is 23.6 Å². The molecule has 2 amide bonds. The second-order valence-corrected chi connectivity index (χ2v) is 7.07. The first-order valence-electron chi connectivity index (χ1n) is 9.28. The molecule has 1 saturated heterocycles. The molecule has 2 aromatic carbocycles. The Kier molecular flexibility index (Phi) is 4.67. The van der Waals surface area contributed by atoms with Gasteiger partial charge in [0.05, 0.1) is 12.0 Å². The smallest absolute Gasteiger partial charge is 0.226 e. The zero-order valence-corrected chi connectivity index (χ0v) is 15.3. The summed E-state index contributed by atoms with van der Waals surface area (Å²) in [5, 5.41) is 4.22. The van der Waals surface area contributed by atoms with E-state index in [-0.39, 0.29) is 30.2 Å². The number of fused-ring (bicyclic) bond motifs is 1. The quantitative estimate of drug-likeness (QED) is 0.734. The molecule has 0 saturated carbocycles. The number of hydrogen-bond acceptors (Lipinski definition) is 2. The van der Waals surface area contributed by atoms with Crippen LogP contribution in [0.15, 0.2) is 60.8 Å². The first-order valence-corrected chi connectivity index (χ1v) is 9.28. The van der Waals surface area contributed by atoms with E-state index in [2.05, 4.69) is 16.4 Å². The topological polar surface area (TPSA) is 65.2 Å². The molecule has 138 valence electrons. The van der Waals surface area contributed by atoms with Crippen molar-refractivity contribution in [2.24, 2.45) is 5.92 Å². The van der Waals surface area contributed by atoms with Gasteiger partial charge in [0.1, 0.15) is 0 Å². The molecule has 1 aliphatic heterocycles. The van der Waals surface area contributed by atoms with Crippen molar-refractivity contribution in [1.82, 2.24) is 15.2 Å². The minimum atomic E-state index is -0.354. The first-order chi connectivity index (χ1) is 13.1. The van der Waals surface area contributed by atoms with Gasteiger partial charge in [0.2, 0.25) is 11.8 Å². The number of benzene rings is 2. The highest BCUT2D eigenvalue weighted by Gasteiger charge is 2.42. The zero-order valence-electron chi connectivity index (χ0n) is 15.3. The van der Waals surface area contributed by atoms with Gasteiger partial charge in [-0.05, 0) is 23.6 Å². The number of aromatic nitrogens is 1. The van der Waals surface area contributed by atoms with E-state index in [1.54, 1.807) is 11.9 Å². The second kappa shape index (κ2) is 7.27. The summed E-state index contributed by atoms with van der Waals surface area (Å²) < 4.78 is 0. The van der Waals surface area contributed by atoms with E-state index < -0.39 is 0 Å². The SMILES string of the molecule is CN1C(=O)C[C@H](C(=O)NCCc2c[nH]c3ccccc23)[C@H]1c1ccccc1. The molecular formula is C22H23N3O2. The van der Waals surface area contributed by atoms with Gasteiger partial charge in [-0.15, -0.1) is 0 Å². The largest absolute Gasteiger partial charge is 0.361 e. The monoisotopic (exact) mass is 361 g/mol. The Morgan fingerprint density at radius 3 is 2.70 bits per heavy atom. The van der Waals surface area contributed by atoms with Crippen LogP contribution >= 0.6 is 0 Å². The average molecular weight is 361 g/mol.